The largest absolute Gasteiger partial charge is 0.469 e. The van der Waals surface area contributed by atoms with Gasteiger partial charge in [0.05, 0.1) is 37.8 Å². The lowest BCUT2D eigenvalue weighted by Crippen LogP contribution is -2.32. The molecular weight excluding hydrogens is 312 g/mol. The molecule has 1 aromatic carbocycles. The van der Waals surface area contributed by atoms with Crippen LogP contribution in [0.5, 0.6) is 0 Å². The summed E-state index contributed by atoms with van der Waals surface area (Å²) in [5.41, 5.74) is 0.294. The number of methoxy groups -OCH3 is 1. The third kappa shape index (κ3) is 3.32. The highest BCUT2D eigenvalue weighted by molar-refractivity contribution is 5.86. The predicted octanol–water partition coefficient (Wildman–Crippen LogP) is 1.26. The van der Waals surface area contributed by atoms with Crippen molar-refractivity contribution in [2.24, 2.45) is 0 Å². The molecule has 128 valence electrons. The third-order valence-corrected chi connectivity index (χ3v) is 3.93. The molecule has 0 spiro atoms. The molecule has 1 atom stereocenters. The van der Waals surface area contributed by atoms with E-state index in [0.717, 1.165) is 0 Å². The first-order valence-electron chi connectivity index (χ1n) is 7.77. The van der Waals surface area contributed by atoms with Crippen molar-refractivity contribution in [3.8, 4) is 0 Å². The summed E-state index contributed by atoms with van der Waals surface area (Å²) >= 11 is 0. The maximum atomic E-state index is 12.7. The molecule has 0 radical (unpaired) electrons. The fourth-order valence-electron chi connectivity index (χ4n) is 2.81. The summed E-state index contributed by atoms with van der Waals surface area (Å²) < 4.78 is 17.3. The molecule has 1 aliphatic rings. The van der Waals surface area contributed by atoms with E-state index in [4.69, 9.17) is 14.2 Å². The Hall–Kier alpha value is -2.25. The summed E-state index contributed by atoms with van der Waals surface area (Å²) in [6, 6.07) is 7.11. The minimum atomic E-state index is -0.667. The number of nitrogens with zero attached hydrogens (tertiary/aromatic N) is 2. The zero-order valence-corrected chi connectivity index (χ0v) is 13.9. The lowest BCUT2D eigenvalue weighted by molar-refractivity contribution is -0.140. The Balaban J connectivity index is 2.00. The molecular formula is C17H20N2O5. The smallest absolute Gasteiger partial charge is 0.311 e. The molecule has 1 unspecified atom stereocenters. The van der Waals surface area contributed by atoms with Gasteiger partial charge in [-0.05, 0) is 19.9 Å². The molecule has 0 saturated carbocycles. The Bertz CT molecular complexity index is 827. The maximum Gasteiger partial charge on any atom is 0.311 e. The molecule has 0 aliphatic carbocycles. The van der Waals surface area contributed by atoms with Crippen molar-refractivity contribution < 1.29 is 19.0 Å². The molecule has 24 heavy (non-hydrogen) atoms. The van der Waals surface area contributed by atoms with Gasteiger partial charge < -0.3 is 14.2 Å². The topological polar surface area (TPSA) is 79.7 Å². The molecule has 0 N–H and O–H groups in total. The molecule has 7 nitrogen and oxygen atoms in total. The van der Waals surface area contributed by atoms with Crippen LogP contribution >= 0.6 is 0 Å². The van der Waals surface area contributed by atoms with Crippen LogP contribution < -0.4 is 5.56 Å². The number of esters is 1. The van der Waals surface area contributed by atoms with Crippen molar-refractivity contribution in [2.45, 2.75) is 38.7 Å². The number of rotatable bonds is 4. The molecule has 1 aromatic heterocycles. The molecule has 1 fully saturated rings. The summed E-state index contributed by atoms with van der Waals surface area (Å²) in [6.07, 6.45) is -0.262. The van der Waals surface area contributed by atoms with E-state index < -0.39 is 11.8 Å². The molecule has 1 saturated heterocycles. The quantitative estimate of drug-likeness (QED) is 0.784. The van der Waals surface area contributed by atoms with Crippen LogP contribution in [0, 0.1) is 0 Å². The van der Waals surface area contributed by atoms with E-state index in [9.17, 15) is 9.59 Å². The molecule has 0 amide bonds. The van der Waals surface area contributed by atoms with E-state index in [2.05, 4.69) is 5.10 Å². The number of carbonyl (C=O) groups excluding carboxylic acids is 1. The van der Waals surface area contributed by atoms with E-state index in [1.807, 2.05) is 19.9 Å². The van der Waals surface area contributed by atoms with Crippen molar-refractivity contribution >= 4 is 16.7 Å². The molecule has 3 rings (SSSR count). The average molecular weight is 332 g/mol. The number of fused-ring (bicyclic) bond motifs is 1. The molecule has 2 aromatic rings. The summed E-state index contributed by atoms with van der Waals surface area (Å²) in [5.74, 6) is -1.07. The lowest BCUT2D eigenvalue weighted by Gasteiger charge is -2.17. The van der Waals surface area contributed by atoms with Crippen LogP contribution in [0.3, 0.4) is 0 Å². The zero-order valence-electron chi connectivity index (χ0n) is 13.9. The molecule has 0 bridgehead atoms. The highest BCUT2D eigenvalue weighted by atomic mass is 16.7. The van der Waals surface area contributed by atoms with Crippen LogP contribution in [0.1, 0.15) is 19.5 Å². The van der Waals surface area contributed by atoms with Crippen molar-refractivity contribution in [2.75, 3.05) is 13.7 Å². The number of ether oxygens (including phenoxy) is 3. The van der Waals surface area contributed by atoms with Gasteiger partial charge in [0.25, 0.3) is 5.56 Å². The van der Waals surface area contributed by atoms with Crippen molar-refractivity contribution in [1.29, 1.82) is 0 Å². The number of hydrogen-bond acceptors (Lipinski definition) is 6. The summed E-state index contributed by atoms with van der Waals surface area (Å²) in [6.45, 7) is 4.31. The Kier molecular flexibility index (Phi) is 4.38. The molecule has 2 heterocycles. The Morgan fingerprint density at radius 3 is 2.71 bits per heavy atom. The van der Waals surface area contributed by atoms with Crippen LogP contribution in [-0.2, 0) is 32.0 Å². The first-order valence-corrected chi connectivity index (χ1v) is 7.77. The van der Waals surface area contributed by atoms with Crippen LogP contribution in [0.15, 0.2) is 29.1 Å². The average Bonchev–Trinajstić information content (AvgIpc) is 2.90. The van der Waals surface area contributed by atoms with Gasteiger partial charge in [0.2, 0.25) is 0 Å². The third-order valence-electron chi connectivity index (χ3n) is 3.93. The van der Waals surface area contributed by atoms with Gasteiger partial charge in [0.15, 0.2) is 5.79 Å². The fourth-order valence-corrected chi connectivity index (χ4v) is 2.81. The lowest BCUT2D eigenvalue weighted by atomic mass is 10.1. The highest BCUT2D eigenvalue weighted by Crippen LogP contribution is 2.23. The van der Waals surface area contributed by atoms with Crippen molar-refractivity contribution in [3.63, 3.8) is 0 Å². The number of benzene rings is 1. The van der Waals surface area contributed by atoms with Gasteiger partial charge in [-0.25, -0.2) is 4.68 Å². The van der Waals surface area contributed by atoms with Crippen LogP contribution in [0.25, 0.3) is 10.8 Å². The van der Waals surface area contributed by atoms with E-state index in [1.54, 1.807) is 18.2 Å². The predicted molar refractivity (Wildman–Crippen MR) is 86.6 cm³/mol. The number of hydrogen-bond donors (Lipinski definition) is 0. The second kappa shape index (κ2) is 6.33. The van der Waals surface area contributed by atoms with E-state index in [1.165, 1.54) is 11.8 Å². The summed E-state index contributed by atoms with van der Waals surface area (Å²) in [4.78, 5) is 24.3. The highest BCUT2D eigenvalue weighted by Gasteiger charge is 2.33. The van der Waals surface area contributed by atoms with Crippen molar-refractivity contribution in [1.82, 2.24) is 9.78 Å². The van der Waals surface area contributed by atoms with Crippen molar-refractivity contribution in [3.05, 3.63) is 40.3 Å². The van der Waals surface area contributed by atoms with E-state index >= 15 is 0 Å². The summed E-state index contributed by atoms with van der Waals surface area (Å²) in [7, 11) is 1.33. The standard InChI is InChI=1S/C17H20N2O5/c1-17(2)23-10-11(24-17)9-19-16(21)13-7-5-4-6-12(13)14(18-19)8-15(20)22-3/h4-7,11H,8-10H2,1-3H3. The Morgan fingerprint density at radius 1 is 1.38 bits per heavy atom. The first-order chi connectivity index (χ1) is 11.4. The van der Waals surface area contributed by atoms with E-state index in [-0.39, 0.29) is 24.6 Å². The van der Waals surface area contributed by atoms with Gasteiger partial charge >= 0.3 is 5.97 Å². The van der Waals surface area contributed by atoms with Gasteiger partial charge in [0, 0.05) is 5.39 Å². The minimum Gasteiger partial charge on any atom is -0.469 e. The Morgan fingerprint density at radius 2 is 2.08 bits per heavy atom. The molecule has 7 heteroatoms. The van der Waals surface area contributed by atoms with Gasteiger partial charge in [-0.2, -0.15) is 5.10 Å². The number of aromatic nitrogens is 2. The van der Waals surface area contributed by atoms with Gasteiger partial charge in [-0.3, -0.25) is 9.59 Å². The van der Waals surface area contributed by atoms with Crippen LogP contribution in [-0.4, -0.2) is 41.4 Å². The second-order valence-corrected chi connectivity index (χ2v) is 6.18. The van der Waals surface area contributed by atoms with E-state index in [0.29, 0.717) is 23.1 Å². The SMILES string of the molecule is COC(=O)Cc1nn(CC2COC(C)(C)O2)c(=O)c2ccccc12. The number of carbonyl (C=O) groups is 1. The van der Waals surface area contributed by atoms with Crippen LogP contribution in [0.2, 0.25) is 0 Å². The minimum absolute atomic E-state index is 0.00477. The Labute approximate surface area is 139 Å². The monoisotopic (exact) mass is 332 g/mol. The normalized spacial score (nSPS) is 19.5. The van der Waals surface area contributed by atoms with Gasteiger partial charge in [0.1, 0.15) is 6.10 Å². The molecule has 1 aliphatic heterocycles. The maximum absolute atomic E-state index is 12.7. The van der Waals surface area contributed by atoms with Crippen LogP contribution in [0.4, 0.5) is 0 Å². The van der Waals surface area contributed by atoms with Gasteiger partial charge in [-0.15, -0.1) is 0 Å². The summed E-state index contributed by atoms with van der Waals surface area (Å²) in [5, 5.41) is 5.55. The fraction of sp³-hybridized carbons (Fsp3) is 0.471. The van der Waals surface area contributed by atoms with Gasteiger partial charge in [-0.1, -0.05) is 18.2 Å². The first kappa shape index (κ1) is 16.6. The zero-order chi connectivity index (χ0) is 17.3. The second-order valence-electron chi connectivity index (χ2n) is 6.18.